The van der Waals surface area contributed by atoms with Crippen LogP contribution in [0.3, 0.4) is 0 Å². The Bertz CT molecular complexity index is 526. The zero-order valence-electron chi connectivity index (χ0n) is 9.57. The molecule has 0 radical (unpaired) electrons. The monoisotopic (exact) mass is 309 g/mol. The Morgan fingerprint density at radius 3 is 1.24 bits per heavy atom. The minimum Gasteiger partial charge on any atom is -0.506 e. The second kappa shape index (κ2) is 6.74. The molecule has 1 aromatic rings. The van der Waals surface area contributed by atoms with Crippen LogP contribution in [0.15, 0.2) is 5.34 Å². The lowest BCUT2D eigenvalue weighted by Crippen LogP contribution is -2.16. The first-order valence-corrected chi connectivity index (χ1v) is 4.52. The molecular weight excluding hydrogens is 304 g/mol. The lowest BCUT2D eigenvalue weighted by molar-refractivity contribution is 0.0678. The smallest absolute Gasteiger partial charge is 0.342 e. The highest BCUT2D eigenvalue weighted by Gasteiger charge is 2.34. The molecule has 0 heterocycles. The Hall–Kier alpha value is -3.31. The number of phenols is 1. The number of benzene rings is 1. The number of nitrogens with zero attached hydrogens (tertiary/aromatic N) is 1. The third kappa shape index (κ3) is 3.37. The van der Waals surface area contributed by atoms with Gasteiger partial charge in [-0.1, -0.05) is 0 Å². The topological polar surface area (TPSA) is 182 Å². The second-order valence-corrected chi connectivity index (χ2v) is 3.10. The van der Waals surface area contributed by atoms with Crippen LogP contribution in [0.5, 0.6) is 5.75 Å². The summed E-state index contributed by atoms with van der Waals surface area (Å²) in [5.74, 6) is -12.3. The molecule has 0 atom stereocenters. The van der Waals surface area contributed by atoms with Crippen molar-refractivity contribution >= 4 is 17.9 Å². The van der Waals surface area contributed by atoms with Crippen LogP contribution >= 0.6 is 0 Å². The molecule has 12 heteroatoms. The van der Waals surface area contributed by atoms with Gasteiger partial charge in [-0.3, -0.25) is 0 Å². The molecule has 0 aliphatic rings. The third-order valence-corrected chi connectivity index (χ3v) is 1.99. The minimum absolute atomic E-state index is 1.25. The lowest BCUT2D eigenvalue weighted by Gasteiger charge is -2.09. The van der Waals surface area contributed by atoms with E-state index in [-0.39, 0.29) is 0 Å². The van der Waals surface area contributed by atoms with Gasteiger partial charge in [0.25, 0.3) is 0 Å². The van der Waals surface area contributed by atoms with Crippen molar-refractivity contribution in [1.29, 1.82) is 0 Å². The molecule has 0 aromatic heterocycles. The number of aromatic carboxylic acids is 3. The standard InChI is InChI=1S/C9H4F2O7.HNO2/c10-4-1(7(13)14)5(11)3(9(17)18)6(12)2(4)8(15)16;2-1-3/h12H,(H,13,14)(H,15,16)(H,17,18);(H,2,3). The van der Waals surface area contributed by atoms with E-state index in [1.54, 1.807) is 0 Å². The van der Waals surface area contributed by atoms with Gasteiger partial charge in [0.15, 0.2) is 22.7 Å². The summed E-state index contributed by atoms with van der Waals surface area (Å²) in [5.41, 5.74) is -5.00. The van der Waals surface area contributed by atoms with E-state index < -0.39 is 52.0 Å². The average Bonchev–Trinajstić information content (AvgIpc) is 2.27. The van der Waals surface area contributed by atoms with E-state index >= 15 is 0 Å². The highest BCUT2D eigenvalue weighted by atomic mass is 19.1. The van der Waals surface area contributed by atoms with Gasteiger partial charge in [0.05, 0.1) is 0 Å². The minimum atomic E-state index is -2.20. The summed E-state index contributed by atoms with van der Waals surface area (Å²) >= 11 is 0. The van der Waals surface area contributed by atoms with E-state index in [4.69, 9.17) is 30.5 Å². The molecule has 0 saturated carbocycles. The zero-order chi connectivity index (χ0) is 16.9. The third-order valence-electron chi connectivity index (χ3n) is 1.99. The lowest BCUT2D eigenvalue weighted by atomic mass is 10.0. The molecular formula is C9H5F2NO9. The maximum absolute atomic E-state index is 13.4. The average molecular weight is 309 g/mol. The van der Waals surface area contributed by atoms with E-state index in [1.807, 2.05) is 0 Å². The SMILES string of the molecule is O=C(O)c1c(O)c(C(=O)O)c(F)c(C(=O)O)c1F.O=NO. The van der Waals surface area contributed by atoms with Crippen molar-refractivity contribution in [2.24, 2.45) is 5.34 Å². The van der Waals surface area contributed by atoms with Crippen LogP contribution in [0, 0.1) is 16.5 Å². The van der Waals surface area contributed by atoms with Crippen molar-refractivity contribution in [2.45, 2.75) is 0 Å². The first-order chi connectivity index (χ1) is 9.61. The van der Waals surface area contributed by atoms with Crippen molar-refractivity contribution < 1.29 is 48.8 Å². The van der Waals surface area contributed by atoms with Gasteiger partial charge in [0.1, 0.15) is 16.7 Å². The van der Waals surface area contributed by atoms with Crippen molar-refractivity contribution in [2.75, 3.05) is 0 Å². The summed E-state index contributed by atoms with van der Waals surface area (Å²) in [5, 5.41) is 42.6. The molecule has 0 spiro atoms. The highest BCUT2D eigenvalue weighted by molar-refractivity contribution is 6.03. The Balaban J connectivity index is 0.00000122. The molecule has 1 aromatic carbocycles. The van der Waals surface area contributed by atoms with Crippen molar-refractivity contribution in [3.05, 3.63) is 33.2 Å². The molecule has 1 rings (SSSR count). The normalized spacial score (nSPS) is 9.24. The summed E-state index contributed by atoms with van der Waals surface area (Å²) in [4.78, 5) is 39.9. The van der Waals surface area contributed by atoms with Crippen LogP contribution < -0.4 is 0 Å². The molecule has 0 unspecified atom stereocenters. The van der Waals surface area contributed by atoms with E-state index in [2.05, 4.69) is 0 Å². The number of carboxylic acid groups (broad SMARTS) is 3. The first-order valence-electron chi connectivity index (χ1n) is 4.52. The number of halogens is 2. The number of rotatable bonds is 3. The maximum atomic E-state index is 13.4. The van der Waals surface area contributed by atoms with Gasteiger partial charge in [0.2, 0.25) is 0 Å². The van der Waals surface area contributed by atoms with Gasteiger partial charge in [-0.15, -0.1) is 4.91 Å². The Morgan fingerprint density at radius 1 is 0.810 bits per heavy atom. The van der Waals surface area contributed by atoms with Crippen molar-refractivity contribution in [1.82, 2.24) is 0 Å². The molecule has 0 aliphatic heterocycles. The molecule has 0 amide bonds. The van der Waals surface area contributed by atoms with Gasteiger partial charge in [-0.25, -0.2) is 23.2 Å². The summed E-state index contributed by atoms with van der Waals surface area (Å²) in [6.07, 6.45) is 0. The quantitative estimate of drug-likeness (QED) is 0.400. The number of carbonyl (C=O) groups is 3. The summed E-state index contributed by atoms with van der Waals surface area (Å²) < 4.78 is 26.8. The van der Waals surface area contributed by atoms with Crippen LogP contribution in [0.1, 0.15) is 31.1 Å². The zero-order valence-corrected chi connectivity index (χ0v) is 9.57. The van der Waals surface area contributed by atoms with Crippen molar-refractivity contribution in [3.8, 4) is 5.75 Å². The number of hydrogen-bond donors (Lipinski definition) is 5. The Kier molecular flexibility index (Phi) is 5.68. The van der Waals surface area contributed by atoms with Crippen LogP contribution in [0.4, 0.5) is 8.78 Å². The van der Waals surface area contributed by atoms with E-state index in [0.29, 0.717) is 0 Å². The van der Waals surface area contributed by atoms with E-state index in [0.717, 1.165) is 0 Å². The number of carboxylic acids is 3. The molecule has 5 N–H and O–H groups in total. The molecule has 10 nitrogen and oxygen atoms in total. The number of hydrogen-bond acceptors (Lipinski definition) is 6. The first kappa shape index (κ1) is 17.7. The fraction of sp³-hybridized carbons (Fsp3) is 0. The fourth-order valence-electron chi connectivity index (χ4n) is 1.26. The second-order valence-electron chi connectivity index (χ2n) is 3.10. The Morgan fingerprint density at radius 2 is 1.05 bits per heavy atom. The predicted molar refractivity (Wildman–Crippen MR) is 56.5 cm³/mol. The van der Waals surface area contributed by atoms with Crippen LogP contribution in [-0.4, -0.2) is 43.5 Å². The predicted octanol–water partition coefficient (Wildman–Crippen LogP) is 0.907. The molecule has 0 fully saturated rings. The summed E-state index contributed by atoms with van der Waals surface area (Å²) in [7, 11) is 0. The molecule has 0 aliphatic carbocycles. The van der Waals surface area contributed by atoms with Crippen LogP contribution in [0.2, 0.25) is 0 Å². The van der Waals surface area contributed by atoms with Gasteiger partial charge in [-0.05, 0) is 0 Å². The van der Waals surface area contributed by atoms with Gasteiger partial charge >= 0.3 is 17.9 Å². The fourth-order valence-corrected chi connectivity index (χ4v) is 1.26. The van der Waals surface area contributed by atoms with Crippen molar-refractivity contribution in [3.63, 3.8) is 0 Å². The van der Waals surface area contributed by atoms with Gasteiger partial charge < -0.3 is 25.6 Å². The van der Waals surface area contributed by atoms with Crippen LogP contribution in [0.25, 0.3) is 0 Å². The molecule has 21 heavy (non-hydrogen) atoms. The largest absolute Gasteiger partial charge is 0.506 e. The summed E-state index contributed by atoms with van der Waals surface area (Å²) in [6.45, 7) is 0. The van der Waals surface area contributed by atoms with E-state index in [1.165, 1.54) is 5.34 Å². The molecule has 0 bridgehead atoms. The van der Waals surface area contributed by atoms with Crippen LogP contribution in [-0.2, 0) is 0 Å². The number of aromatic hydroxyl groups is 1. The highest BCUT2D eigenvalue weighted by Crippen LogP contribution is 2.31. The Labute approximate surface area is 112 Å². The van der Waals surface area contributed by atoms with Gasteiger partial charge in [-0.2, -0.15) is 0 Å². The van der Waals surface area contributed by atoms with E-state index in [9.17, 15) is 23.2 Å². The maximum Gasteiger partial charge on any atom is 0.342 e. The molecule has 114 valence electrons. The molecule has 0 saturated heterocycles. The summed E-state index contributed by atoms with van der Waals surface area (Å²) in [6, 6.07) is 0. The van der Waals surface area contributed by atoms with Gasteiger partial charge in [0, 0.05) is 0 Å².